The van der Waals surface area contributed by atoms with Crippen LogP contribution in [-0.4, -0.2) is 51.5 Å². The second-order valence-electron chi connectivity index (χ2n) is 14.7. The molecule has 2 unspecified atom stereocenters. The average Bonchev–Trinajstić information content (AvgIpc) is 3.82. The highest BCUT2D eigenvalue weighted by Gasteiger charge is 2.44. The van der Waals surface area contributed by atoms with Crippen molar-refractivity contribution in [1.82, 2.24) is 25.8 Å². The number of amides is 2. The van der Waals surface area contributed by atoms with E-state index in [2.05, 4.69) is 25.8 Å². The second kappa shape index (κ2) is 18.9. The van der Waals surface area contributed by atoms with Gasteiger partial charge < -0.3 is 29.6 Å². The van der Waals surface area contributed by atoms with Gasteiger partial charge in [-0.3, -0.25) is 9.59 Å². The number of nitrogens with one attached hydrogen (secondary N) is 3. The van der Waals surface area contributed by atoms with Crippen molar-refractivity contribution < 1.29 is 33.2 Å². The van der Waals surface area contributed by atoms with Crippen molar-refractivity contribution in [3.63, 3.8) is 0 Å². The number of hydrogen-bond donors (Lipinski definition) is 3. The van der Waals surface area contributed by atoms with E-state index in [9.17, 15) is 19.2 Å². The van der Waals surface area contributed by atoms with Crippen LogP contribution in [0.3, 0.4) is 0 Å². The number of halogens is 2. The van der Waals surface area contributed by atoms with Gasteiger partial charge in [-0.15, -0.1) is 0 Å². The molecule has 2 amide bonds. The second-order valence-corrected chi connectivity index (χ2v) is 15.5. The van der Waals surface area contributed by atoms with Crippen LogP contribution in [0.15, 0.2) is 47.0 Å². The molecule has 1 aliphatic rings. The SMILES string of the molecule is CCCOC(=O)c1noc([C@@H](NC(=O)[C@]2(CCCC(=O)[C@@H](NC(=O)OCc3ccccc3)C(C)CC)CCc3[nH]c4c(Cl)cc(Cl)cc4c3C2)C(C)CC)n1. The smallest absolute Gasteiger partial charge is 0.408 e. The quantitative estimate of drug-likeness (QED) is 0.0834. The molecule has 2 heterocycles. The van der Waals surface area contributed by atoms with Gasteiger partial charge in [0.05, 0.1) is 28.6 Å². The number of aryl methyl sites for hydroxylation is 1. The van der Waals surface area contributed by atoms with Crippen molar-refractivity contribution in [2.75, 3.05) is 6.61 Å². The number of ether oxygens (including phenoxy) is 2. The van der Waals surface area contributed by atoms with Gasteiger partial charge in [-0.1, -0.05) is 101 Å². The highest BCUT2D eigenvalue weighted by molar-refractivity contribution is 6.38. The number of esters is 1. The zero-order valence-corrected chi connectivity index (χ0v) is 33.6. The van der Waals surface area contributed by atoms with Gasteiger partial charge in [-0.25, -0.2) is 9.59 Å². The molecule has 0 fully saturated rings. The molecular weight excluding hydrogens is 745 g/mol. The van der Waals surface area contributed by atoms with Gasteiger partial charge >= 0.3 is 12.1 Å². The fourth-order valence-corrected chi connectivity index (χ4v) is 7.70. The molecule has 296 valence electrons. The van der Waals surface area contributed by atoms with Crippen molar-refractivity contribution in [2.24, 2.45) is 17.3 Å². The van der Waals surface area contributed by atoms with Crippen LogP contribution in [0.4, 0.5) is 4.79 Å². The first kappa shape index (κ1) is 41.7. The highest BCUT2D eigenvalue weighted by atomic mass is 35.5. The summed E-state index contributed by atoms with van der Waals surface area (Å²) in [6.07, 6.45) is 3.65. The molecule has 12 nitrogen and oxygen atoms in total. The van der Waals surface area contributed by atoms with Crippen LogP contribution in [0.2, 0.25) is 10.0 Å². The lowest BCUT2D eigenvalue weighted by Gasteiger charge is -2.38. The fraction of sp³-hybridized carbons (Fsp3) is 0.512. The van der Waals surface area contributed by atoms with Crippen molar-refractivity contribution in [1.29, 1.82) is 0 Å². The first-order chi connectivity index (χ1) is 26.4. The van der Waals surface area contributed by atoms with Gasteiger partial charge in [0.1, 0.15) is 12.6 Å². The van der Waals surface area contributed by atoms with E-state index < -0.39 is 29.6 Å². The molecule has 0 saturated heterocycles. The number of aromatic amines is 1. The summed E-state index contributed by atoms with van der Waals surface area (Å²) in [7, 11) is 0. The predicted octanol–water partition coefficient (Wildman–Crippen LogP) is 8.88. The summed E-state index contributed by atoms with van der Waals surface area (Å²) < 4.78 is 16.2. The molecule has 0 radical (unpaired) electrons. The number of H-pyrrole nitrogens is 1. The zero-order chi connectivity index (χ0) is 39.7. The minimum atomic E-state index is -0.945. The Morgan fingerprint density at radius 1 is 1.00 bits per heavy atom. The highest BCUT2D eigenvalue weighted by Crippen LogP contribution is 2.45. The molecule has 5 atom stereocenters. The Bertz CT molecular complexity index is 1960. The number of benzene rings is 2. The molecule has 0 spiro atoms. The molecule has 14 heteroatoms. The summed E-state index contributed by atoms with van der Waals surface area (Å²) in [5, 5.41) is 11.7. The largest absolute Gasteiger partial charge is 0.460 e. The van der Waals surface area contributed by atoms with Gasteiger partial charge in [-0.2, -0.15) is 4.98 Å². The van der Waals surface area contributed by atoms with E-state index in [1.807, 2.05) is 71.0 Å². The van der Waals surface area contributed by atoms with E-state index in [1.165, 1.54) is 0 Å². The lowest BCUT2D eigenvalue weighted by Crippen LogP contribution is -2.47. The lowest BCUT2D eigenvalue weighted by atomic mass is 9.68. The minimum absolute atomic E-state index is 0.0868. The summed E-state index contributed by atoms with van der Waals surface area (Å²) in [5.74, 6) is -1.42. The van der Waals surface area contributed by atoms with E-state index in [-0.39, 0.29) is 54.9 Å². The molecule has 2 aromatic heterocycles. The Morgan fingerprint density at radius 3 is 2.45 bits per heavy atom. The molecule has 0 aliphatic heterocycles. The Balaban J connectivity index is 1.38. The first-order valence-electron chi connectivity index (χ1n) is 19.2. The number of hydrogen-bond acceptors (Lipinski definition) is 9. The lowest BCUT2D eigenvalue weighted by molar-refractivity contribution is -0.134. The number of fused-ring (bicyclic) bond motifs is 3. The van der Waals surface area contributed by atoms with E-state index >= 15 is 0 Å². The van der Waals surface area contributed by atoms with E-state index in [1.54, 1.807) is 6.07 Å². The number of carbonyl (C=O) groups excluding carboxylic acids is 4. The summed E-state index contributed by atoms with van der Waals surface area (Å²) in [5.41, 5.74) is 2.59. The topological polar surface area (TPSA) is 166 Å². The van der Waals surface area contributed by atoms with Crippen LogP contribution >= 0.6 is 23.2 Å². The molecule has 3 N–H and O–H groups in total. The summed E-state index contributed by atoms with van der Waals surface area (Å²) in [4.78, 5) is 61.7. The normalized spacial score (nSPS) is 17.4. The molecular formula is C41H51Cl2N5O7. The average molecular weight is 797 g/mol. The van der Waals surface area contributed by atoms with Gasteiger partial charge in [0.25, 0.3) is 5.82 Å². The number of alkyl carbamates (subject to hydrolysis) is 1. The van der Waals surface area contributed by atoms with Gasteiger partial charge in [0, 0.05) is 22.5 Å². The van der Waals surface area contributed by atoms with Gasteiger partial charge in [0.2, 0.25) is 11.8 Å². The standard InChI is InChI=1S/C41H51Cl2N5O7/c1-6-19-53-38(50)36-47-37(55-48-36)34(25(5)8-3)45-39(51)41(18-16-31-29(22-41)28-20-27(42)21-30(43)35(28)44-31)17-12-15-32(49)33(24(4)7-2)46-40(52)54-23-26-13-10-9-11-14-26/h9-11,13-14,20-21,24-25,33-34,44H,6-8,12,15-19,22-23H2,1-5H3,(H,45,51)(H,46,52)/t24?,25?,33-,34-,41+/m0/s1. The molecule has 5 rings (SSSR count). The van der Waals surface area contributed by atoms with Gasteiger partial charge in [-0.05, 0) is 78.8 Å². The van der Waals surface area contributed by atoms with Crippen LogP contribution in [0, 0.1) is 17.3 Å². The number of nitrogens with zero attached hydrogens (tertiary/aromatic N) is 2. The van der Waals surface area contributed by atoms with E-state index in [4.69, 9.17) is 37.2 Å². The molecule has 0 bridgehead atoms. The Morgan fingerprint density at radius 2 is 1.75 bits per heavy atom. The van der Waals surface area contributed by atoms with Crippen LogP contribution < -0.4 is 10.6 Å². The van der Waals surface area contributed by atoms with Crippen molar-refractivity contribution in [2.45, 2.75) is 111 Å². The maximum atomic E-state index is 14.8. The molecule has 2 aromatic carbocycles. The number of rotatable bonds is 18. The third kappa shape index (κ3) is 10.1. The Kier molecular flexibility index (Phi) is 14.4. The summed E-state index contributed by atoms with van der Waals surface area (Å²) >= 11 is 13.1. The Labute approximate surface area is 331 Å². The number of carbonyl (C=O) groups is 4. The third-order valence-corrected chi connectivity index (χ3v) is 11.3. The summed E-state index contributed by atoms with van der Waals surface area (Å²) in [6, 6.07) is 11.4. The minimum Gasteiger partial charge on any atom is -0.460 e. The van der Waals surface area contributed by atoms with E-state index in [0.29, 0.717) is 61.4 Å². The molecule has 1 aliphatic carbocycles. The molecule has 4 aromatic rings. The Hall–Kier alpha value is -4.42. The van der Waals surface area contributed by atoms with Crippen LogP contribution in [0.1, 0.15) is 119 Å². The number of aromatic nitrogens is 3. The molecule has 55 heavy (non-hydrogen) atoms. The van der Waals surface area contributed by atoms with Gasteiger partial charge in [0.15, 0.2) is 5.78 Å². The first-order valence-corrected chi connectivity index (χ1v) is 19.9. The number of Topliss-reactive ketones (excluding diaryl/α,β-unsaturated/α-hetero) is 1. The number of ketones is 1. The van der Waals surface area contributed by atoms with Crippen molar-refractivity contribution in [3.05, 3.63) is 81.0 Å². The third-order valence-electron chi connectivity index (χ3n) is 10.8. The predicted molar refractivity (Wildman–Crippen MR) is 210 cm³/mol. The summed E-state index contributed by atoms with van der Waals surface area (Å²) in [6.45, 7) is 10.0. The van der Waals surface area contributed by atoms with Crippen molar-refractivity contribution >= 4 is 57.9 Å². The monoisotopic (exact) mass is 795 g/mol. The zero-order valence-electron chi connectivity index (χ0n) is 32.1. The maximum absolute atomic E-state index is 14.8. The molecule has 0 saturated carbocycles. The van der Waals surface area contributed by atoms with Crippen molar-refractivity contribution in [3.8, 4) is 0 Å². The van der Waals surface area contributed by atoms with Crippen LogP contribution in [-0.2, 0) is 38.5 Å². The van der Waals surface area contributed by atoms with Crippen LogP contribution in [0.5, 0.6) is 0 Å². The maximum Gasteiger partial charge on any atom is 0.408 e. The fourth-order valence-electron chi connectivity index (χ4n) is 7.16. The van der Waals surface area contributed by atoms with E-state index in [0.717, 1.165) is 27.7 Å². The van der Waals surface area contributed by atoms with Crippen LogP contribution in [0.25, 0.3) is 10.9 Å².